The molecule has 196 valence electrons. The minimum absolute atomic E-state index is 0.132. The molecule has 2 aromatic heterocycles. The summed E-state index contributed by atoms with van der Waals surface area (Å²) in [4.78, 5) is 12.7. The van der Waals surface area contributed by atoms with E-state index in [1.54, 1.807) is 12.3 Å². The van der Waals surface area contributed by atoms with Crippen molar-refractivity contribution < 1.29 is 19.0 Å². The molecule has 0 spiro atoms. The maximum absolute atomic E-state index is 12.7. The Morgan fingerprint density at radius 2 is 2.14 bits per heavy atom. The van der Waals surface area contributed by atoms with E-state index < -0.39 is 11.7 Å². The number of nitriles is 1. The molecule has 1 amide bonds. The monoisotopic (exact) mass is 545 g/mol. The van der Waals surface area contributed by atoms with Crippen LogP contribution in [0.4, 0.5) is 4.79 Å². The summed E-state index contributed by atoms with van der Waals surface area (Å²) in [6.07, 6.45) is 6.75. The van der Waals surface area contributed by atoms with Gasteiger partial charge in [0, 0.05) is 42.2 Å². The Morgan fingerprint density at radius 1 is 1.32 bits per heavy atom. The van der Waals surface area contributed by atoms with Gasteiger partial charge in [0.15, 0.2) is 6.61 Å². The summed E-state index contributed by atoms with van der Waals surface area (Å²) in [5, 5.41) is 18.2. The number of amides is 1. The van der Waals surface area contributed by atoms with Crippen molar-refractivity contribution in [3.8, 4) is 22.9 Å². The van der Waals surface area contributed by atoms with E-state index in [9.17, 15) is 10.1 Å². The van der Waals surface area contributed by atoms with Crippen LogP contribution in [0.3, 0.4) is 0 Å². The first kappa shape index (κ1) is 25.7. The van der Waals surface area contributed by atoms with Gasteiger partial charge in [-0.3, -0.25) is 0 Å². The number of ether oxygens (including phenoxy) is 3. The van der Waals surface area contributed by atoms with E-state index >= 15 is 0 Å². The van der Waals surface area contributed by atoms with Gasteiger partial charge >= 0.3 is 6.09 Å². The lowest BCUT2D eigenvalue weighted by molar-refractivity contribution is -0.0394. The molecule has 0 radical (unpaired) electrons. The minimum atomic E-state index is -0.630. The predicted octanol–water partition coefficient (Wildman–Crippen LogP) is 6.38. The Morgan fingerprint density at radius 3 is 2.84 bits per heavy atom. The second-order valence-electron chi connectivity index (χ2n) is 10.3. The molecule has 1 unspecified atom stereocenters. The molecule has 1 aromatic carbocycles. The van der Waals surface area contributed by atoms with Crippen LogP contribution >= 0.6 is 23.2 Å². The molecule has 0 saturated carbocycles. The number of rotatable bonds is 5. The van der Waals surface area contributed by atoms with Crippen LogP contribution in [-0.4, -0.2) is 39.3 Å². The lowest BCUT2D eigenvalue weighted by Gasteiger charge is -2.22. The van der Waals surface area contributed by atoms with Crippen LogP contribution in [0, 0.1) is 11.3 Å². The number of alkyl carbamates (subject to hydrolysis) is 1. The van der Waals surface area contributed by atoms with Crippen molar-refractivity contribution in [2.75, 3.05) is 13.2 Å². The Bertz CT molecular complexity index is 1380. The van der Waals surface area contributed by atoms with Crippen molar-refractivity contribution >= 4 is 40.2 Å². The van der Waals surface area contributed by atoms with E-state index in [2.05, 4.69) is 15.0 Å². The van der Waals surface area contributed by atoms with E-state index in [0.717, 1.165) is 41.5 Å². The fourth-order valence-electron chi connectivity index (χ4n) is 5.12. The summed E-state index contributed by atoms with van der Waals surface area (Å²) in [6.45, 7) is 6.63. The maximum Gasteiger partial charge on any atom is 0.408 e. The normalized spacial score (nSPS) is 19.5. The van der Waals surface area contributed by atoms with Crippen molar-refractivity contribution in [3.05, 3.63) is 34.2 Å². The lowest BCUT2D eigenvalue weighted by atomic mass is 10.00. The second-order valence-corrected chi connectivity index (χ2v) is 11.1. The van der Waals surface area contributed by atoms with E-state index in [0.29, 0.717) is 40.9 Å². The number of fused-ring (bicyclic) bond motifs is 3. The van der Waals surface area contributed by atoms with E-state index in [4.69, 9.17) is 37.4 Å². The molecule has 1 saturated heterocycles. The lowest BCUT2D eigenvalue weighted by Crippen LogP contribution is -2.34. The molecule has 2 aliphatic rings. The van der Waals surface area contributed by atoms with Gasteiger partial charge in [0.2, 0.25) is 0 Å². The van der Waals surface area contributed by atoms with Gasteiger partial charge in [-0.25, -0.2) is 9.48 Å². The van der Waals surface area contributed by atoms with Gasteiger partial charge in [0.1, 0.15) is 23.6 Å². The Balaban J connectivity index is 1.67. The topological polar surface area (TPSA) is 103 Å². The molecule has 1 N–H and O–H groups in total. The summed E-state index contributed by atoms with van der Waals surface area (Å²) >= 11 is 13.3. The molecule has 11 heteroatoms. The highest BCUT2D eigenvalue weighted by Crippen LogP contribution is 2.50. The van der Waals surface area contributed by atoms with Crippen LogP contribution in [-0.2, 0) is 16.0 Å². The number of aromatic nitrogens is 3. The number of hydrogen-bond donors (Lipinski definition) is 1. The third-order valence-electron chi connectivity index (χ3n) is 6.52. The maximum atomic E-state index is 12.7. The number of nitrogens with one attached hydrogen (secondary N) is 1. The largest absolute Gasteiger partial charge is 0.478 e. The Kier molecular flexibility index (Phi) is 7.01. The molecule has 5 rings (SSSR count). The van der Waals surface area contributed by atoms with E-state index in [-0.39, 0.29) is 18.9 Å². The molecule has 2 aliphatic heterocycles. The van der Waals surface area contributed by atoms with Crippen LogP contribution in [0.2, 0.25) is 10.0 Å². The van der Waals surface area contributed by atoms with Gasteiger partial charge in [0.25, 0.3) is 0 Å². The zero-order valence-corrected chi connectivity index (χ0v) is 22.5. The number of benzene rings is 1. The number of carbonyl (C=O) groups is 1. The third kappa shape index (κ3) is 4.98. The summed E-state index contributed by atoms with van der Waals surface area (Å²) < 4.78 is 21.2. The molecule has 0 bridgehead atoms. The minimum Gasteiger partial charge on any atom is -0.478 e. The van der Waals surface area contributed by atoms with E-state index in [1.807, 2.05) is 37.7 Å². The summed E-state index contributed by atoms with van der Waals surface area (Å²) in [5.41, 5.74) is 2.57. The van der Waals surface area contributed by atoms with Gasteiger partial charge < -0.3 is 24.1 Å². The van der Waals surface area contributed by atoms with Crippen LogP contribution in [0.1, 0.15) is 64.4 Å². The van der Waals surface area contributed by atoms with Gasteiger partial charge in [-0.2, -0.15) is 10.4 Å². The molecule has 4 heterocycles. The third-order valence-corrected chi connectivity index (χ3v) is 7.30. The molecule has 1 fully saturated rings. The first-order valence-corrected chi connectivity index (χ1v) is 13.1. The summed E-state index contributed by atoms with van der Waals surface area (Å²) in [6, 6.07) is 3.31. The van der Waals surface area contributed by atoms with Gasteiger partial charge in [-0.1, -0.05) is 23.2 Å². The summed E-state index contributed by atoms with van der Waals surface area (Å²) in [5.74, 6) is 0.445. The fraction of sp³-hybridized carbons (Fsp3) is 0.500. The average molecular weight is 546 g/mol. The Labute approximate surface area is 225 Å². The quantitative estimate of drug-likeness (QED) is 0.398. The van der Waals surface area contributed by atoms with Crippen molar-refractivity contribution in [2.24, 2.45) is 0 Å². The predicted molar refractivity (Wildman–Crippen MR) is 140 cm³/mol. The smallest absolute Gasteiger partial charge is 0.408 e. The molecule has 0 aliphatic carbocycles. The van der Waals surface area contributed by atoms with Gasteiger partial charge in [0.05, 0.1) is 33.2 Å². The number of aryl methyl sites for hydroxylation is 1. The number of halogens is 2. The molecule has 2 atom stereocenters. The number of hydrogen-bond acceptors (Lipinski definition) is 6. The first-order valence-electron chi connectivity index (χ1n) is 12.4. The van der Waals surface area contributed by atoms with Crippen molar-refractivity contribution in [1.29, 1.82) is 5.26 Å². The molecular weight excluding hydrogens is 517 g/mol. The van der Waals surface area contributed by atoms with Crippen LogP contribution in [0.25, 0.3) is 22.0 Å². The zero-order chi connectivity index (χ0) is 26.3. The number of carbonyl (C=O) groups excluding carboxylic acids is 1. The van der Waals surface area contributed by atoms with Crippen LogP contribution < -0.4 is 10.1 Å². The fourth-order valence-corrected chi connectivity index (χ4v) is 5.56. The summed E-state index contributed by atoms with van der Waals surface area (Å²) in [7, 11) is 0. The number of nitrogens with zero attached hydrogens (tertiary/aromatic N) is 4. The molecule has 3 aromatic rings. The molecule has 9 nitrogen and oxygen atoms in total. The van der Waals surface area contributed by atoms with Crippen molar-refractivity contribution in [3.63, 3.8) is 0 Å². The zero-order valence-electron chi connectivity index (χ0n) is 21.0. The average Bonchev–Trinajstić information content (AvgIpc) is 3.55. The first-order chi connectivity index (χ1) is 17.7. The van der Waals surface area contributed by atoms with Crippen molar-refractivity contribution in [1.82, 2.24) is 19.7 Å². The standard InChI is InChI=1S/C26H29Cl2N5O4/c1-26(2,3)37-25(34)31-17-7-9-32-23(17)20(15-13-30-33(14-15)19-6-4-5-10-36-19)21-18(35-11-8-29)12-16(27)22(28)24(21)32/h12-14,17,19H,4-7,9-11H2,1-3H3,(H,31,34)/t17-,19?/m0/s1. The van der Waals surface area contributed by atoms with Crippen LogP contribution in [0.5, 0.6) is 5.75 Å². The SMILES string of the molecule is CC(C)(C)OC(=O)N[C@H]1CCn2c1c(-c1cnn(C3CCCCO3)c1)c1c(OCC#N)cc(Cl)c(Cl)c12. The molecular formula is C26H29Cl2N5O4. The Hall–Kier alpha value is -2.93. The highest BCUT2D eigenvalue weighted by molar-refractivity contribution is 6.45. The molecule has 37 heavy (non-hydrogen) atoms. The highest BCUT2D eigenvalue weighted by Gasteiger charge is 2.35. The second kappa shape index (κ2) is 10.1. The van der Waals surface area contributed by atoms with E-state index in [1.165, 1.54) is 0 Å². The van der Waals surface area contributed by atoms with Crippen LogP contribution in [0.15, 0.2) is 18.5 Å². The van der Waals surface area contributed by atoms with Gasteiger partial charge in [-0.05, 0) is 46.5 Å². The van der Waals surface area contributed by atoms with Crippen molar-refractivity contribution in [2.45, 2.75) is 70.9 Å². The van der Waals surface area contributed by atoms with Gasteiger partial charge in [-0.15, -0.1) is 0 Å². The highest BCUT2D eigenvalue weighted by atomic mass is 35.5.